The van der Waals surface area contributed by atoms with Crippen molar-refractivity contribution in [3.8, 4) is 5.75 Å². The van der Waals surface area contributed by atoms with Crippen LogP contribution in [0.3, 0.4) is 0 Å². The molecule has 2 aliphatic rings. The molecule has 130 valence electrons. The molecular formula is C19H22N4O2. The number of carbonyl (C=O) groups is 1. The predicted molar refractivity (Wildman–Crippen MR) is 94.4 cm³/mol. The summed E-state index contributed by atoms with van der Waals surface area (Å²) < 4.78 is 6.22. The van der Waals surface area contributed by atoms with Gasteiger partial charge in [0.25, 0.3) is 5.91 Å². The second-order valence-corrected chi connectivity index (χ2v) is 6.78. The lowest BCUT2D eigenvalue weighted by atomic mass is 9.93. The van der Waals surface area contributed by atoms with E-state index in [1.807, 2.05) is 24.3 Å². The number of anilines is 1. The molecule has 1 atom stereocenters. The monoisotopic (exact) mass is 338 g/mol. The minimum Gasteiger partial charge on any atom is -0.490 e. The Labute approximate surface area is 146 Å². The van der Waals surface area contributed by atoms with Gasteiger partial charge in [-0.25, -0.2) is 9.97 Å². The number of nitrogens with zero attached hydrogens (tertiary/aromatic N) is 2. The number of nitrogens with one attached hydrogen (secondary N) is 1. The lowest BCUT2D eigenvalue weighted by Gasteiger charge is -2.28. The minimum absolute atomic E-state index is 0.153. The number of amides is 1. The SMILES string of the molecule is Cc1nc(N)nc2c1C(=O)NC(c1ccccc1OC1CCCC1)C2. The van der Waals surface area contributed by atoms with E-state index in [9.17, 15) is 4.79 Å². The maximum absolute atomic E-state index is 12.6. The summed E-state index contributed by atoms with van der Waals surface area (Å²) in [4.78, 5) is 21.0. The number of rotatable bonds is 3. The van der Waals surface area contributed by atoms with Gasteiger partial charge in [0.15, 0.2) is 0 Å². The van der Waals surface area contributed by atoms with Gasteiger partial charge < -0.3 is 15.8 Å². The average Bonchev–Trinajstić information content (AvgIpc) is 3.07. The van der Waals surface area contributed by atoms with Gasteiger partial charge in [0.05, 0.1) is 29.1 Å². The molecule has 1 aliphatic carbocycles. The highest BCUT2D eigenvalue weighted by atomic mass is 16.5. The van der Waals surface area contributed by atoms with E-state index in [0.717, 1.165) is 24.2 Å². The van der Waals surface area contributed by atoms with E-state index < -0.39 is 0 Å². The summed E-state index contributed by atoms with van der Waals surface area (Å²) >= 11 is 0. The number of hydrogen-bond donors (Lipinski definition) is 2. The van der Waals surface area contributed by atoms with E-state index in [-0.39, 0.29) is 24.0 Å². The number of nitrogens with two attached hydrogens (primary N) is 1. The van der Waals surface area contributed by atoms with Gasteiger partial charge in [-0.2, -0.15) is 0 Å². The first-order chi connectivity index (χ1) is 12.1. The molecule has 2 heterocycles. The van der Waals surface area contributed by atoms with Gasteiger partial charge in [-0.1, -0.05) is 18.2 Å². The Balaban J connectivity index is 1.66. The number of carbonyl (C=O) groups excluding carboxylic acids is 1. The summed E-state index contributed by atoms with van der Waals surface area (Å²) in [5.74, 6) is 0.904. The van der Waals surface area contributed by atoms with Crippen LogP contribution in [0.2, 0.25) is 0 Å². The van der Waals surface area contributed by atoms with Crippen molar-refractivity contribution in [2.75, 3.05) is 5.73 Å². The lowest BCUT2D eigenvalue weighted by Crippen LogP contribution is -2.37. The van der Waals surface area contributed by atoms with Crippen molar-refractivity contribution in [2.45, 2.75) is 51.2 Å². The normalized spacial score (nSPS) is 20.2. The third-order valence-corrected chi connectivity index (χ3v) is 5.00. The Hall–Kier alpha value is -2.63. The van der Waals surface area contributed by atoms with Crippen molar-refractivity contribution >= 4 is 11.9 Å². The molecule has 6 nitrogen and oxygen atoms in total. The quantitative estimate of drug-likeness (QED) is 0.898. The predicted octanol–water partition coefficient (Wildman–Crippen LogP) is 2.72. The second-order valence-electron chi connectivity index (χ2n) is 6.78. The van der Waals surface area contributed by atoms with Gasteiger partial charge in [-0.15, -0.1) is 0 Å². The Morgan fingerprint density at radius 2 is 1.96 bits per heavy atom. The van der Waals surface area contributed by atoms with Crippen LogP contribution in [0.15, 0.2) is 24.3 Å². The lowest BCUT2D eigenvalue weighted by molar-refractivity contribution is 0.0921. The molecule has 1 aromatic carbocycles. The molecule has 1 fully saturated rings. The van der Waals surface area contributed by atoms with Crippen LogP contribution in [0.5, 0.6) is 5.75 Å². The summed E-state index contributed by atoms with van der Waals surface area (Å²) in [6.45, 7) is 1.79. The number of ether oxygens (including phenoxy) is 1. The van der Waals surface area contributed by atoms with Gasteiger partial charge in [0.2, 0.25) is 5.95 Å². The van der Waals surface area contributed by atoms with E-state index in [0.29, 0.717) is 23.4 Å². The number of nitrogen functional groups attached to an aromatic ring is 1. The number of benzene rings is 1. The first-order valence-electron chi connectivity index (χ1n) is 8.81. The van der Waals surface area contributed by atoms with Crippen LogP contribution in [0, 0.1) is 6.92 Å². The van der Waals surface area contributed by atoms with Gasteiger partial charge in [0, 0.05) is 12.0 Å². The van der Waals surface area contributed by atoms with Crippen molar-refractivity contribution in [2.24, 2.45) is 0 Å². The zero-order chi connectivity index (χ0) is 17.4. The summed E-state index contributed by atoms with van der Waals surface area (Å²) in [6, 6.07) is 7.76. The summed E-state index contributed by atoms with van der Waals surface area (Å²) in [6.07, 6.45) is 5.48. The van der Waals surface area contributed by atoms with Crippen LogP contribution >= 0.6 is 0 Å². The zero-order valence-corrected chi connectivity index (χ0v) is 14.3. The van der Waals surface area contributed by atoms with Crippen LogP contribution in [-0.2, 0) is 6.42 Å². The highest BCUT2D eigenvalue weighted by Gasteiger charge is 2.31. The van der Waals surface area contributed by atoms with E-state index in [4.69, 9.17) is 10.5 Å². The van der Waals surface area contributed by atoms with Crippen molar-refractivity contribution in [3.63, 3.8) is 0 Å². The third kappa shape index (κ3) is 3.04. The fourth-order valence-corrected chi connectivity index (χ4v) is 3.82. The van der Waals surface area contributed by atoms with E-state index in [1.165, 1.54) is 12.8 Å². The van der Waals surface area contributed by atoms with E-state index in [2.05, 4.69) is 15.3 Å². The largest absolute Gasteiger partial charge is 0.490 e. The maximum Gasteiger partial charge on any atom is 0.255 e. The van der Waals surface area contributed by atoms with Crippen molar-refractivity contribution in [1.29, 1.82) is 0 Å². The molecule has 25 heavy (non-hydrogen) atoms. The molecule has 6 heteroatoms. The molecule has 3 N–H and O–H groups in total. The molecule has 1 amide bonds. The number of para-hydroxylation sites is 1. The maximum atomic E-state index is 12.6. The molecule has 1 aromatic heterocycles. The fourth-order valence-electron chi connectivity index (χ4n) is 3.82. The van der Waals surface area contributed by atoms with E-state index >= 15 is 0 Å². The Kier molecular flexibility index (Phi) is 4.03. The van der Waals surface area contributed by atoms with Crippen LogP contribution in [-0.4, -0.2) is 22.0 Å². The smallest absolute Gasteiger partial charge is 0.255 e. The highest BCUT2D eigenvalue weighted by molar-refractivity contribution is 5.97. The molecule has 1 saturated carbocycles. The molecule has 0 spiro atoms. The molecular weight excluding hydrogens is 316 g/mol. The van der Waals surface area contributed by atoms with Gasteiger partial charge in [-0.3, -0.25) is 4.79 Å². The molecule has 0 saturated heterocycles. The van der Waals surface area contributed by atoms with Crippen LogP contribution in [0.1, 0.15) is 59.0 Å². The number of fused-ring (bicyclic) bond motifs is 1. The molecule has 4 rings (SSSR count). The minimum atomic E-state index is -0.175. The van der Waals surface area contributed by atoms with Crippen molar-refractivity contribution in [1.82, 2.24) is 15.3 Å². The molecule has 0 radical (unpaired) electrons. The second kappa shape index (κ2) is 6.35. The third-order valence-electron chi connectivity index (χ3n) is 5.00. The Morgan fingerprint density at radius 3 is 2.76 bits per heavy atom. The fraction of sp³-hybridized carbons (Fsp3) is 0.421. The summed E-state index contributed by atoms with van der Waals surface area (Å²) in [5.41, 5.74) is 8.63. The zero-order valence-electron chi connectivity index (χ0n) is 14.3. The van der Waals surface area contributed by atoms with E-state index in [1.54, 1.807) is 6.92 Å². The van der Waals surface area contributed by atoms with Crippen LogP contribution in [0.4, 0.5) is 5.95 Å². The first-order valence-corrected chi connectivity index (χ1v) is 8.81. The van der Waals surface area contributed by atoms with Crippen LogP contribution < -0.4 is 15.8 Å². The topological polar surface area (TPSA) is 90.1 Å². The Morgan fingerprint density at radius 1 is 1.20 bits per heavy atom. The molecule has 1 unspecified atom stereocenters. The standard InChI is InChI=1S/C19H22N4O2/c1-11-17-15(23-19(20)21-11)10-14(22-18(17)24)13-8-4-5-9-16(13)25-12-6-2-3-7-12/h4-5,8-9,12,14H,2-3,6-7,10H2,1H3,(H,22,24)(H2,20,21,23). The Bertz CT molecular complexity index is 815. The van der Waals surface area contributed by atoms with Crippen molar-refractivity contribution < 1.29 is 9.53 Å². The number of aryl methyl sites for hydroxylation is 1. The number of hydrogen-bond acceptors (Lipinski definition) is 5. The van der Waals surface area contributed by atoms with Gasteiger partial charge in [-0.05, 0) is 38.7 Å². The first kappa shape index (κ1) is 15.9. The van der Waals surface area contributed by atoms with Gasteiger partial charge in [0.1, 0.15) is 5.75 Å². The van der Waals surface area contributed by atoms with Crippen LogP contribution in [0.25, 0.3) is 0 Å². The van der Waals surface area contributed by atoms with Gasteiger partial charge >= 0.3 is 0 Å². The molecule has 0 bridgehead atoms. The molecule has 1 aliphatic heterocycles. The molecule has 2 aromatic rings. The van der Waals surface area contributed by atoms with Crippen molar-refractivity contribution in [3.05, 3.63) is 46.8 Å². The summed E-state index contributed by atoms with van der Waals surface area (Å²) in [5, 5.41) is 3.07. The highest BCUT2D eigenvalue weighted by Crippen LogP contribution is 2.34. The number of aromatic nitrogens is 2. The summed E-state index contributed by atoms with van der Waals surface area (Å²) in [7, 11) is 0. The average molecular weight is 338 g/mol.